The zero-order chi connectivity index (χ0) is 14.8. The van der Waals surface area contributed by atoms with Gasteiger partial charge in [-0.15, -0.1) is 0 Å². The molecule has 0 radical (unpaired) electrons. The van der Waals surface area contributed by atoms with E-state index in [1.54, 1.807) is 0 Å². The Hall–Kier alpha value is -2.32. The van der Waals surface area contributed by atoms with Gasteiger partial charge >= 0.3 is 0 Å². The van der Waals surface area contributed by atoms with Crippen LogP contribution in [0.2, 0.25) is 0 Å². The van der Waals surface area contributed by atoms with E-state index in [4.69, 9.17) is 0 Å². The molecule has 1 atom stereocenters. The summed E-state index contributed by atoms with van der Waals surface area (Å²) in [6.07, 6.45) is 0. The number of piperazine rings is 1. The van der Waals surface area contributed by atoms with Gasteiger partial charge in [-0.05, 0) is 34.5 Å². The molecule has 0 aromatic heterocycles. The van der Waals surface area contributed by atoms with Gasteiger partial charge in [0.05, 0.1) is 6.04 Å². The third-order valence-corrected chi connectivity index (χ3v) is 4.49. The predicted octanol–water partition coefficient (Wildman–Crippen LogP) is 3.99. The molecule has 1 unspecified atom stereocenters. The molecule has 0 spiro atoms. The van der Waals surface area contributed by atoms with E-state index in [0.29, 0.717) is 6.04 Å². The summed E-state index contributed by atoms with van der Waals surface area (Å²) < 4.78 is 0. The van der Waals surface area contributed by atoms with Crippen LogP contribution in [0.25, 0.3) is 10.8 Å². The first kappa shape index (κ1) is 13.4. The molecule has 1 aliphatic rings. The molecule has 1 N–H and O–H groups in total. The molecule has 3 aromatic carbocycles. The van der Waals surface area contributed by atoms with Crippen molar-refractivity contribution in [2.24, 2.45) is 0 Å². The lowest BCUT2D eigenvalue weighted by Gasteiger charge is -2.38. The summed E-state index contributed by atoms with van der Waals surface area (Å²) in [7, 11) is 0. The topological polar surface area (TPSA) is 15.3 Å². The highest BCUT2D eigenvalue weighted by Gasteiger charge is 2.23. The Morgan fingerprint density at radius 1 is 0.818 bits per heavy atom. The summed E-state index contributed by atoms with van der Waals surface area (Å²) in [6, 6.07) is 26.6. The fourth-order valence-electron chi connectivity index (χ4n) is 3.35. The van der Waals surface area contributed by atoms with E-state index in [0.717, 1.165) is 19.6 Å². The van der Waals surface area contributed by atoms with Gasteiger partial charge < -0.3 is 10.2 Å². The third kappa shape index (κ3) is 2.46. The van der Waals surface area contributed by atoms with Gasteiger partial charge in [-0.2, -0.15) is 0 Å². The number of nitrogens with one attached hydrogen (secondary N) is 1. The van der Waals surface area contributed by atoms with Crippen LogP contribution in [0.3, 0.4) is 0 Å². The Kier molecular flexibility index (Phi) is 3.53. The number of fused-ring (bicyclic) bond motifs is 1. The van der Waals surface area contributed by atoms with Crippen molar-refractivity contribution >= 4 is 16.5 Å². The van der Waals surface area contributed by atoms with Gasteiger partial charge in [0.15, 0.2) is 0 Å². The van der Waals surface area contributed by atoms with E-state index in [1.807, 2.05) is 0 Å². The van der Waals surface area contributed by atoms with E-state index in [1.165, 1.54) is 22.0 Å². The highest BCUT2D eigenvalue weighted by molar-refractivity contribution is 5.83. The second-order valence-corrected chi connectivity index (χ2v) is 5.86. The molecule has 4 rings (SSSR count). The van der Waals surface area contributed by atoms with Crippen molar-refractivity contribution in [1.82, 2.24) is 5.32 Å². The van der Waals surface area contributed by atoms with Gasteiger partial charge in [0.25, 0.3) is 0 Å². The highest BCUT2D eigenvalue weighted by atomic mass is 15.2. The van der Waals surface area contributed by atoms with Crippen LogP contribution in [0, 0.1) is 0 Å². The largest absolute Gasteiger partial charge is 0.362 e. The lowest BCUT2D eigenvalue weighted by Crippen LogP contribution is -2.46. The summed E-state index contributed by atoms with van der Waals surface area (Å²) >= 11 is 0. The minimum absolute atomic E-state index is 0.390. The standard InChI is InChI=1S/C20H20N2/c1-2-8-19(9-3-1)22-13-12-21-15-20(22)18-11-10-16-6-4-5-7-17(16)14-18/h1-11,14,20-21H,12-13,15H2. The maximum atomic E-state index is 3.54. The monoisotopic (exact) mass is 288 g/mol. The van der Waals surface area contributed by atoms with Gasteiger partial charge in [0.2, 0.25) is 0 Å². The molecule has 0 bridgehead atoms. The summed E-state index contributed by atoms with van der Waals surface area (Å²) in [6.45, 7) is 3.08. The zero-order valence-corrected chi connectivity index (χ0v) is 12.6. The molecule has 110 valence electrons. The molecule has 1 fully saturated rings. The molecule has 22 heavy (non-hydrogen) atoms. The fraction of sp³-hybridized carbons (Fsp3) is 0.200. The lowest BCUT2D eigenvalue weighted by molar-refractivity contribution is 0.490. The van der Waals surface area contributed by atoms with Crippen molar-refractivity contribution in [3.05, 3.63) is 78.4 Å². The molecule has 1 saturated heterocycles. The van der Waals surface area contributed by atoms with Crippen molar-refractivity contribution < 1.29 is 0 Å². The number of rotatable bonds is 2. The van der Waals surface area contributed by atoms with Crippen LogP contribution < -0.4 is 10.2 Å². The van der Waals surface area contributed by atoms with E-state index in [-0.39, 0.29) is 0 Å². The first-order valence-corrected chi connectivity index (χ1v) is 7.93. The lowest BCUT2D eigenvalue weighted by atomic mass is 9.99. The molecule has 1 heterocycles. The number of benzene rings is 3. The van der Waals surface area contributed by atoms with Crippen molar-refractivity contribution in [1.29, 1.82) is 0 Å². The minimum Gasteiger partial charge on any atom is -0.362 e. The van der Waals surface area contributed by atoms with Crippen LogP contribution in [0.4, 0.5) is 5.69 Å². The van der Waals surface area contributed by atoms with Crippen LogP contribution in [-0.4, -0.2) is 19.6 Å². The van der Waals surface area contributed by atoms with Gasteiger partial charge in [0, 0.05) is 25.3 Å². The number of anilines is 1. The molecule has 3 aromatic rings. The van der Waals surface area contributed by atoms with Gasteiger partial charge in [-0.1, -0.05) is 54.6 Å². The molecular weight excluding hydrogens is 268 g/mol. The second-order valence-electron chi connectivity index (χ2n) is 5.86. The fourth-order valence-corrected chi connectivity index (χ4v) is 3.35. The Morgan fingerprint density at radius 3 is 2.45 bits per heavy atom. The molecule has 1 aliphatic heterocycles. The van der Waals surface area contributed by atoms with E-state index >= 15 is 0 Å². The maximum Gasteiger partial charge on any atom is 0.0667 e. The predicted molar refractivity (Wildman–Crippen MR) is 93.3 cm³/mol. The number of para-hydroxylation sites is 1. The average molecular weight is 288 g/mol. The average Bonchev–Trinajstić information content (AvgIpc) is 2.62. The minimum atomic E-state index is 0.390. The third-order valence-electron chi connectivity index (χ3n) is 4.49. The smallest absolute Gasteiger partial charge is 0.0667 e. The SMILES string of the molecule is c1ccc(N2CCNCC2c2ccc3ccccc3c2)cc1. The summed E-state index contributed by atoms with van der Waals surface area (Å²) in [5.41, 5.74) is 2.69. The van der Waals surface area contributed by atoms with Gasteiger partial charge in [-0.3, -0.25) is 0 Å². The van der Waals surface area contributed by atoms with Crippen LogP contribution in [0.15, 0.2) is 72.8 Å². The highest BCUT2D eigenvalue weighted by Crippen LogP contribution is 2.30. The first-order chi connectivity index (χ1) is 10.9. The van der Waals surface area contributed by atoms with Crippen molar-refractivity contribution in [2.75, 3.05) is 24.5 Å². The van der Waals surface area contributed by atoms with E-state index in [9.17, 15) is 0 Å². The Morgan fingerprint density at radius 2 is 1.59 bits per heavy atom. The second kappa shape index (κ2) is 5.82. The number of nitrogens with zero attached hydrogens (tertiary/aromatic N) is 1. The van der Waals surface area contributed by atoms with Crippen LogP contribution in [0.1, 0.15) is 11.6 Å². The first-order valence-electron chi connectivity index (χ1n) is 7.93. The summed E-state index contributed by atoms with van der Waals surface area (Å²) in [5, 5.41) is 6.16. The number of hydrogen-bond acceptors (Lipinski definition) is 2. The van der Waals surface area contributed by atoms with Crippen molar-refractivity contribution in [2.45, 2.75) is 6.04 Å². The molecule has 2 heteroatoms. The normalized spacial score (nSPS) is 18.5. The molecular formula is C20H20N2. The Bertz CT molecular complexity index is 767. The van der Waals surface area contributed by atoms with Crippen LogP contribution in [0.5, 0.6) is 0 Å². The van der Waals surface area contributed by atoms with E-state index < -0.39 is 0 Å². The summed E-state index contributed by atoms with van der Waals surface area (Å²) in [4.78, 5) is 2.51. The number of hydrogen-bond donors (Lipinski definition) is 1. The van der Waals surface area contributed by atoms with Crippen LogP contribution in [-0.2, 0) is 0 Å². The van der Waals surface area contributed by atoms with Crippen molar-refractivity contribution in [3.63, 3.8) is 0 Å². The molecule has 2 nitrogen and oxygen atoms in total. The molecule has 0 aliphatic carbocycles. The van der Waals surface area contributed by atoms with E-state index in [2.05, 4.69) is 83.0 Å². The quantitative estimate of drug-likeness (QED) is 0.767. The zero-order valence-electron chi connectivity index (χ0n) is 12.6. The summed E-state index contributed by atoms with van der Waals surface area (Å²) in [5.74, 6) is 0. The molecule has 0 saturated carbocycles. The Labute approximate surface area is 131 Å². The van der Waals surface area contributed by atoms with Crippen LogP contribution >= 0.6 is 0 Å². The van der Waals surface area contributed by atoms with Gasteiger partial charge in [-0.25, -0.2) is 0 Å². The van der Waals surface area contributed by atoms with Gasteiger partial charge in [0.1, 0.15) is 0 Å². The molecule has 0 amide bonds. The van der Waals surface area contributed by atoms with Crippen molar-refractivity contribution in [3.8, 4) is 0 Å². The Balaban J connectivity index is 1.74. The maximum absolute atomic E-state index is 3.54.